The van der Waals surface area contributed by atoms with Crippen LogP contribution in [-0.2, 0) is 49.3 Å². The van der Waals surface area contributed by atoms with Crippen LogP contribution >= 0.6 is 6.72 Å². The van der Waals surface area contributed by atoms with Crippen molar-refractivity contribution < 1.29 is 62.8 Å². The van der Waals surface area contributed by atoms with Crippen molar-refractivity contribution in [2.75, 3.05) is 33.5 Å². The predicted octanol–water partition coefficient (Wildman–Crippen LogP) is 0.494. The Balaban J connectivity index is 1.75. The Labute approximate surface area is 259 Å². The minimum Gasteiger partial charge on any atom is -0.394 e. The Hall–Kier alpha value is -0.360. The average Bonchev–Trinajstić information content (AvgIpc) is 3.23. The van der Waals surface area contributed by atoms with Crippen LogP contribution < -0.4 is 5.32 Å². The van der Waals surface area contributed by atoms with Gasteiger partial charge in [-0.2, -0.15) is 0 Å². The van der Waals surface area contributed by atoms with E-state index in [4.69, 9.17) is 44.5 Å². The number of nitrogens with one attached hydrogen (secondary N) is 1. The molecule has 14 nitrogen and oxygen atoms in total. The van der Waals surface area contributed by atoms with Crippen molar-refractivity contribution in [1.29, 1.82) is 0 Å². The highest BCUT2D eigenvalue weighted by atomic mass is 32.5. The van der Waals surface area contributed by atoms with Crippen molar-refractivity contribution in [3.63, 3.8) is 0 Å². The summed E-state index contributed by atoms with van der Waals surface area (Å²) in [4.78, 5) is 23.0. The number of hydrogen-bond acceptors (Lipinski definition) is 13. The minimum atomic E-state index is -3.61. The highest BCUT2D eigenvalue weighted by Gasteiger charge is 2.48. The molecule has 6 N–H and O–H groups in total. The Bertz CT molecular complexity index is 876. The van der Waals surface area contributed by atoms with E-state index >= 15 is 0 Å². The molecule has 2 rings (SSSR count). The van der Waals surface area contributed by atoms with Gasteiger partial charge in [-0.3, -0.25) is 9.32 Å². The summed E-state index contributed by atoms with van der Waals surface area (Å²) in [7, 11) is 1.54. The normalized spacial score (nSPS) is 33.1. The third-order valence-electron chi connectivity index (χ3n) is 6.83. The molecule has 10 atom stereocenters. The molecule has 0 saturated carbocycles. The Kier molecular flexibility index (Phi) is 16.3. The molecule has 16 heteroatoms. The number of amides is 1. The van der Waals surface area contributed by atoms with E-state index in [0.717, 1.165) is 0 Å². The number of unbranched alkanes of at least 4 members (excludes halogenated alkanes) is 1. The fraction of sp³-hybridized carbons (Fsp3) is 0.963. The lowest BCUT2D eigenvalue weighted by molar-refractivity contribution is -0.301. The Morgan fingerprint density at radius 3 is 2.30 bits per heavy atom. The standard InChI is InChI=1S/C27H52NO13PS/c1-16(2)37-15-19-25(40-42(34,43)41-27(3,4)5)24(35-6)17(38-19)10-9-12-28-20(30)11-7-8-13-36-26-23(33)22(32)21(31)18(14-29)39-26/h16-19,21-26,29,31-33H,7-15H2,1-6H3,(H,28,30)(H,34,43)/t17?,18-,19-,21-,22+,23+,24-,25?,26+,42?/m1/s1. The maximum Gasteiger partial charge on any atom is 0.325 e. The van der Waals surface area contributed by atoms with Gasteiger partial charge in [0.05, 0.1) is 31.0 Å². The quantitative estimate of drug-likeness (QED) is 0.0878. The van der Waals surface area contributed by atoms with Crippen molar-refractivity contribution in [2.45, 2.75) is 134 Å². The average molecular weight is 662 g/mol. The number of hydrogen-bond donors (Lipinski definition) is 6. The van der Waals surface area contributed by atoms with Crippen molar-refractivity contribution in [1.82, 2.24) is 5.32 Å². The van der Waals surface area contributed by atoms with E-state index in [-0.39, 0.29) is 37.7 Å². The Morgan fingerprint density at radius 1 is 1.00 bits per heavy atom. The molecule has 2 saturated heterocycles. The van der Waals surface area contributed by atoms with Gasteiger partial charge in [0.15, 0.2) is 6.29 Å². The number of aliphatic hydroxyl groups is 4. The van der Waals surface area contributed by atoms with Crippen LogP contribution in [-0.4, -0.2) is 132 Å². The lowest BCUT2D eigenvalue weighted by Gasteiger charge is -2.39. The number of methoxy groups -OCH3 is 1. The molecule has 254 valence electrons. The molecule has 2 aliphatic rings. The molecule has 0 spiro atoms. The minimum absolute atomic E-state index is 0.0400. The van der Waals surface area contributed by atoms with E-state index in [2.05, 4.69) is 5.32 Å². The second kappa shape index (κ2) is 18.1. The lowest BCUT2D eigenvalue weighted by Crippen LogP contribution is -2.59. The zero-order valence-corrected chi connectivity index (χ0v) is 27.7. The van der Waals surface area contributed by atoms with Gasteiger partial charge in [-0.1, -0.05) is 0 Å². The molecule has 0 bridgehead atoms. The van der Waals surface area contributed by atoms with Gasteiger partial charge in [-0.25, -0.2) is 0 Å². The number of carbonyl (C=O) groups excluding carboxylic acids is 1. The van der Waals surface area contributed by atoms with Gasteiger partial charge in [0.2, 0.25) is 5.91 Å². The van der Waals surface area contributed by atoms with E-state index in [0.29, 0.717) is 32.2 Å². The van der Waals surface area contributed by atoms with Crippen LogP contribution in [0.1, 0.15) is 66.7 Å². The topological polar surface area (TPSA) is 195 Å². The molecule has 2 heterocycles. The maximum atomic E-state index is 12.3. The molecule has 0 radical (unpaired) electrons. The van der Waals surface area contributed by atoms with E-state index in [1.807, 2.05) is 13.8 Å². The molecule has 0 aliphatic carbocycles. The van der Waals surface area contributed by atoms with Crippen molar-refractivity contribution >= 4 is 24.4 Å². The van der Waals surface area contributed by atoms with Gasteiger partial charge in [0.25, 0.3) is 0 Å². The molecule has 2 fully saturated rings. The first kappa shape index (κ1) is 38.8. The second-order valence-corrected chi connectivity index (χ2v) is 14.8. The third-order valence-corrected chi connectivity index (χ3v) is 8.60. The van der Waals surface area contributed by atoms with Crippen LogP contribution in [0.3, 0.4) is 0 Å². The van der Waals surface area contributed by atoms with Crippen molar-refractivity contribution in [2.24, 2.45) is 0 Å². The second-order valence-electron chi connectivity index (χ2n) is 12.1. The SMILES string of the molecule is CO[C@@H]1C(CCCNC(=O)CCCCO[C@H]2O[C@H](CO)[C@@H](O)[C@H](O)[C@@H]2O)O[C@H](COC(C)C)C1OP(O)(=S)OC(C)(C)C. The molecular weight excluding hydrogens is 609 g/mol. The van der Waals surface area contributed by atoms with Crippen LogP contribution in [0.4, 0.5) is 0 Å². The highest BCUT2D eigenvalue weighted by molar-refractivity contribution is 8.07. The summed E-state index contributed by atoms with van der Waals surface area (Å²) in [6, 6.07) is 0. The van der Waals surface area contributed by atoms with Gasteiger partial charge >= 0.3 is 6.72 Å². The molecule has 3 unspecified atom stereocenters. The van der Waals surface area contributed by atoms with E-state index in [1.165, 1.54) is 7.11 Å². The van der Waals surface area contributed by atoms with Gasteiger partial charge in [-0.05, 0) is 72.1 Å². The monoisotopic (exact) mass is 661 g/mol. The number of carbonyl (C=O) groups is 1. The zero-order valence-electron chi connectivity index (χ0n) is 26.0. The van der Waals surface area contributed by atoms with Crippen molar-refractivity contribution in [3.05, 3.63) is 0 Å². The summed E-state index contributed by atoms with van der Waals surface area (Å²) < 4.78 is 40.0. The lowest BCUT2D eigenvalue weighted by atomic mass is 9.99. The number of aliphatic hydroxyl groups excluding tert-OH is 4. The first-order chi connectivity index (χ1) is 20.1. The molecule has 2 aliphatic heterocycles. The van der Waals surface area contributed by atoms with Crippen LogP contribution in [0.2, 0.25) is 0 Å². The molecule has 43 heavy (non-hydrogen) atoms. The summed E-state index contributed by atoms with van der Waals surface area (Å²) in [5.74, 6) is -0.131. The highest BCUT2D eigenvalue weighted by Crippen LogP contribution is 2.51. The fourth-order valence-electron chi connectivity index (χ4n) is 4.80. The number of rotatable bonds is 18. The molecular formula is C27H52NO13PS. The van der Waals surface area contributed by atoms with Crippen LogP contribution in [0.25, 0.3) is 0 Å². The molecule has 0 aromatic heterocycles. The predicted molar refractivity (Wildman–Crippen MR) is 159 cm³/mol. The van der Waals surface area contributed by atoms with E-state index in [9.17, 15) is 30.1 Å². The third kappa shape index (κ3) is 13.1. The first-order valence-corrected chi connectivity index (χ1v) is 17.4. The summed E-state index contributed by atoms with van der Waals surface area (Å²) in [6.45, 7) is 5.81. The van der Waals surface area contributed by atoms with Crippen LogP contribution in [0, 0.1) is 0 Å². The van der Waals surface area contributed by atoms with Crippen LogP contribution in [0.15, 0.2) is 0 Å². The van der Waals surface area contributed by atoms with Gasteiger partial charge in [-0.15, -0.1) is 0 Å². The first-order valence-electron chi connectivity index (χ1n) is 14.8. The maximum absolute atomic E-state index is 12.3. The zero-order chi connectivity index (χ0) is 32.4. The van der Waals surface area contributed by atoms with Gasteiger partial charge in [0.1, 0.15) is 42.7 Å². The smallest absolute Gasteiger partial charge is 0.325 e. The van der Waals surface area contributed by atoms with Gasteiger partial charge in [0, 0.05) is 26.7 Å². The van der Waals surface area contributed by atoms with Crippen molar-refractivity contribution in [3.8, 4) is 0 Å². The summed E-state index contributed by atoms with van der Waals surface area (Å²) in [6.07, 6.45) is -6.37. The van der Waals surface area contributed by atoms with E-state index < -0.39 is 67.9 Å². The Morgan fingerprint density at radius 2 is 1.70 bits per heavy atom. The molecule has 1 amide bonds. The largest absolute Gasteiger partial charge is 0.394 e. The fourth-order valence-corrected chi connectivity index (χ4v) is 7.07. The van der Waals surface area contributed by atoms with E-state index in [1.54, 1.807) is 20.8 Å². The number of ether oxygens (including phenoxy) is 5. The van der Waals surface area contributed by atoms with Gasteiger partial charge < -0.3 is 58.8 Å². The summed E-state index contributed by atoms with van der Waals surface area (Å²) in [5, 5.41) is 41.8. The summed E-state index contributed by atoms with van der Waals surface area (Å²) >= 11 is 5.27. The van der Waals surface area contributed by atoms with Crippen LogP contribution in [0.5, 0.6) is 0 Å². The molecule has 0 aromatic carbocycles. The molecule has 0 aromatic rings. The summed E-state index contributed by atoms with van der Waals surface area (Å²) in [5.41, 5.74) is -0.703.